The molecule has 20 heavy (non-hydrogen) atoms. The largest absolute Gasteiger partial charge is 0.295 e. The van der Waals surface area contributed by atoms with Gasteiger partial charge in [0.1, 0.15) is 11.3 Å². The van der Waals surface area contributed by atoms with E-state index >= 15 is 0 Å². The molecule has 98 valence electrons. The van der Waals surface area contributed by atoms with Gasteiger partial charge in [-0.05, 0) is 41.1 Å². The fourth-order valence-electron chi connectivity index (χ4n) is 2.45. The van der Waals surface area contributed by atoms with Crippen LogP contribution in [0, 0.1) is 0 Å². The van der Waals surface area contributed by atoms with Gasteiger partial charge in [0.25, 0.3) is 0 Å². The van der Waals surface area contributed by atoms with Crippen LogP contribution in [-0.2, 0) is 5.88 Å². The molecule has 4 aromatic rings. The number of hydrogen-bond donors (Lipinski definition) is 0. The number of rotatable bonds is 2. The summed E-state index contributed by atoms with van der Waals surface area (Å²) in [6, 6.07) is 10.5. The minimum atomic E-state index is 0.371. The molecule has 0 fully saturated rings. The van der Waals surface area contributed by atoms with Crippen LogP contribution in [0.15, 0.2) is 48.1 Å². The van der Waals surface area contributed by atoms with E-state index in [4.69, 9.17) is 11.6 Å². The van der Waals surface area contributed by atoms with Crippen LogP contribution in [0.1, 0.15) is 5.82 Å². The van der Waals surface area contributed by atoms with Crippen LogP contribution in [0.4, 0.5) is 0 Å². The first-order valence-electron chi connectivity index (χ1n) is 6.22. The van der Waals surface area contributed by atoms with Crippen molar-refractivity contribution in [2.45, 2.75) is 5.88 Å². The van der Waals surface area contributed by atoms with Gasteiger partial charge in [0.2, 0.25) is 0 Å². The van der Waals surface area contributed by atoms with Gasteiger partial charge in [-0.2, -0.15) is 0 Å². The zero-order chi connectivity index (χ0) is 13.5. The van der Waals surface area contributed by atoms with E-state index in [9.17, 15) is 0 Å². The molecule has 0 bridgehead atoms. The molecule has 5 heteroatoms. The number of imidazole rings is 1. The summed E-state index contributed by atoms with van der Waals surface area (Å²) in [4.78, 5) is 8.67. The van der Waals surface area contributed by atoms with Gasteiger partial charge in [0.15, 0.2) is 0 Å². The van der Waals surface area contributed by atoms with Crippen molar-refractivity contribution in [2.24, 2.45) is 0 Å². The number of halogens is 1. The molecule has 0 N–H and O–H groups in total. The van der Waals surface area contributed by atoms with Crippen molar-refractivity contribution in [3.63, 3.8) is 0 Å². The fraction of sp³-hybridized carbons (Fsp3) is 0.0667. The van der Waals surface area contributed by atoms with Gasteiger partial charge in [-0.3, -0.25) is 9.55 Å². The van der Waals surface area contributed by atoms with Gasteiger partial charge in [-0.1, -0.05) is 0 Å². The molecule has 0 saturated heterocycles. The Bertz CT molecular complexity index is 910. The van der Waals surface area contributed by atoms with E-state index in [-0.39, 0.29) is 0 Å². The van der Waals surface area contributed by atoms with Crippen molar-refractivity contribution in [3.05, 3.63) is 53.9 Å². The molecular formula is C15H10ClN3S. The van der Waals surface area contributed by atoms with Crippen LogP contribution in [0.2, 0.25) is 0 Å². The summed E-state index contributed by atoms with van der Waals surface area (Å²) in [5.74, 6) is 1.21. The Labute approximate surface area is 124 Å². The Balaban J connectivity index is 2.04. The molecule has 3 aromatic heterocycles. The Morgan fingerprint density at radius 2 is 2.15 bits per heavy atom. The Kier molecular flexibility index (Phi) is 2.72. The van der Waals surface area contributed by atoms with E-state index in [0.29, 0.717) is 5.88 Å². The van der Waals surface area contributed by atoms with Crippen LogP contribution < -0.4 is 0 Å². The Morgan fingerprint density at radius 3 is 3.05 bits per heavy atom. The minimum Gasteiger partial charge on any atom is -0.295 e. The zero-order valence-corrected chi connectivity index (χ0v) is 12.0. The van der Waals surface area contributed by atoms with Crippen LogP contribution in [0.5, 0.6) is 0 Å². The highest BCUT2D eigenvalue weighted by Gasteiger charge is 2.12. The number of fused-ring (bicyclic) bond motifs is 2. The first-order valence-corrected chi connectivity index (χ1v) is 7.63. The zero-order valence-electron chi connectivity index (χ0n) is 10.5. The number of nitrogens with zero attached hydrogens (tertiary/aromatic N) is 3. The lowest BCUT2D eigenvalue weighted by Gasteiger charge is -2.07. The molecule has 0 amide bonds. The normalized spacial score (nSPS) is 11.4. The summed E-state index contributed by atoms with van der Waals surface area (Å²) in [6.45, 7) is 0. The number of thiophene rings is 1. The molecule has 0 aliphatic carbocycles. The average Bonchev–Trinajstić information content (AvgIpc) is 3.09. The van der Waals surface area contributed by atoms with Crippen molar-refractivity contribution >= 4 is 44.1 Å². The van der Waals surface area contributed by atoms with Gasteiger partial charge in [0, 0.05) is 16.6 Å². The topological polar surface area (TPSA) is 30.7 Å². The molecule has 0 saturated carbocycles. The monoisotopic (exact) mass is 299 g/mol. The van der Waals surface area contributed by atoms with Crippen LogP contribution in [0.3, 0.4) is 0 Å². The summed E-state index contributed by atoms with van der Waals surface area (Å²) >= 11 is 7.79. The summed E-state index contributed by atoms with van der Waals surface area (Å²) in [7, 11) is 0. The molecule has 0 unspecified atom stereocenters. The van der Waals surface area contributed by atoms with Gasteiger partial charge in [-0.25, -0.2) is 4.98 Å². The van der Waals surface area contributed by atoms with E-state index < -0.39 is 0 Å². The second kappa shape index (κ2) is 4.58. The lowest BCUT2D eigenvalue weighted by atomic mass is 10.2. The lowest BCUT2D eigenvalue weighted by molar-refractivity contribution is 0.984. The number of benzene rings is 1. The van der Waals surface area contributed by atoms with Gasteiger partial charge >= 0.3 is 0 Å². The molecule has 4 rings (SSSR count). The van der Waals surface area contributed by atoms with E-state index in [2.05, 4.69) is 44.2 Å². The SMILES string of the molecule is ClCc1nc2cnccc2n1-c1ccc2sccc2c1. The first kappa shape index (κ1) is 11.9. The summed E-state index contributed by atoms with van der Waals surface area (Å²) in [5, 5.41) is 3.34. The van der Waals surface area contributed by atoms with Crippen LogP contribution in [0.25, 0.3) is 26.8 Å². The number of alkyl halides is 1. The van der Waals surface area contributed by atoms with Crippen molar-refractivity contribution in [1.29, 1.82) is 0 Å². The molecule has 3 nitrogen and oxygen atoms in total. The second-order valence-corrected chi connectivity index (χ2v) is 5.72. The quantitative estimate of drug-likeness (QED) is 0.514. The van der Waals surface area contributed by atoms with E-state index in [1.165, 1.54) is 10.1 Å². The highest BCUT2D eigenvalue weighted by Crippen LogP contribution is 2.27. The second-order valence-electron chi connectivity index (χ2n) is 4.50. The maximum atomic E-state index is 6.05. The standard InChI is InChI=1S/C15H10ClN3S/c16-8-15-18-12-9-17-5-3-13(12)19(15)11-1-2-14-10(7-11)4-6-20-14/h1-7,9H,8H2. The molecule has 3 heterocycles. The molecule has 0 atom stereocenters. The number of aromatic nitrogens is 3. The van der Waals surface area contributed by atoms with Crippen molar-refractivity contribution < 1.29 is 0 Å². The average molecular weight is 300 g/mol. The molecule has 0 aliphatic rings. The minimum absolute atomic E-state index is 0.371. The molecule has 0 aliphatic heterocycles. The van der Waals surface area contributed by atoms with Crippen molar-refractivity contribution in [2.75, 3.05) is 0 Å². The third-order valence-corrected chi connectivity index (χ3v) is 4.48. The van der Waals surface area contributed by atoms with E-state index in [1.54, 1.807) is 23.7 Å². The van der Waals surface area contributed by atoms with Crippen molar-refractivity contribution in [1.82, 2.24) is 14.5 Å². The summed E-state index contributed by atoms with van der Waals surface area (Å²) in [6.07, 6.45) is 3.55. The highest BCUT2D eigenvalue weighted by atomic mass is 35.5. The fourth-order valence-corrected chi connectivity index (χ4v) is 3.40. The molecule has 0 radical (unpaired) electrons. The molecular weight excluding hydrogens is 290 g/mol. The predicted molar refractivity (Wildman–Crippen MR) is 83.8 cm³/mol. The lowest BCUT2D eigenvalue weighted by Crippen LogP contribution is -1.98. The third kappa shape index (κ3) is 1.72. The maximum absolute atomic E-state index is 6.05. The van der Waals surface area contributed by atoms with Crippen LogP contribution in [-0.4, -0.2) is 14.5 Å². The highest BCUT2D eigenvalue weighted by molar-refractivity contribution is 7.17. The van der Waals surface area contributed by atoms with E-state index in [0.717, 1.165) is 22.5 Å². The summed E-state index contributed by atoms with van der Waals surface area (Å²) < 4.78 is 3.38. The van der Waals surface area contributed by atoms with Crippen molar-refractivity contribution in [3.8, 4) is 5.69 Å². The smallest absolute Gasteiger partial charge is 0.129 e. The third-order valence-electron chi connectivity index (χ3n) is 3.34. The summed E-state index contributed by atoms with van der Waals surface area (Å²) in [5.41, 5.74) is 2.99. The molecule has 0 spiro atoms. The Morgan fingerprint density at radius 1 is 1.20 bits per heavy atom. The maximum Gasteiger partial charge on any atom is 0.129 e. The van der Waals surface area contributed by atoms with E-state index in [1.807, 2.05) is 6.07 Å². The first-order chi connectivity index (χ1) is 9.86. The number of hydrogen-bond acceptors (Lipinski definition) is 3. The van der Waals surface area contributed by atoms with Crippen LogP contribution >= 0.6 is 22.9 Å². The van der Waals surface area contributed by atoms with Gasteiger partial charge in [0.05, 0.1) is 17.6 Å². The predicted octanol–water partition coefficient (Wildman–Crippen LogP) is 4.37. The van der Waals surface area contributed by atoms with Gasteiger partial charge in [-0.15, -0.1) is 22.9 Å². The Hall–Kier alpha value is -1.91. The van der Waals surface area contributed by atoms with Gasteiger partial charge < -0.3 is 0 Å². The number of pyridine rings is 1. The molecule has 1 aromatic carbocycles.